The van der Waals surface area contributed by atoms with Crippen molar-refractivity contribution in [3.8, 4) is 0 Å². The second kappa shape index (κ2) is 6.49. The number of amides is 2. The number of hydrogen-bond donors (Lipinski definition) is 1. The van der Waals surface area contributed by atoms with Gasteiger partial charge in [0.2, 0.25) is 0 Å². The van der Waals surface area contributed by atoms with E-state index in [2.05, 4.69) is 15.5 Å². The summed E-state index contributed by atoms with van der Waals surface area (Å²) < 4.78 is 5.26. The molecule has 0 aromatic carbocycles. The van der Waals surface area contributed by atoms with E-state index in [1.807, 2.05) is 4.90 Å². The second-order valence-electron chi connectivity index (χ2n) is 5.37. The molecule has 1 aliphatic heterocycles. The summed E-state index contributed by atoms with van der Waals surface area (Å²) in [6.07, 6.45) is 4.23. The number of hydrogen-bond acceptors (Lipinski definition) is 5. The number of aromatic nitrogens is 2. The normalized spacial score (nSPS) is 27.3. The predicted octanol–water partition coefficient (Wildman–Crippen LogP) is 1.61. The molecular weight excluding hydrogens is 276 g/mol. The summed E-state index contributed by atoms with van der Waals surface area (Å²) in [4.78, 5) is 14.0. The van der Waals surface area contributed by atoms with Crippen LogP contribution >= 0.6 is 11.3 Å². The molecular formula is C13H20N4O2S. The number of morpholine rings is 1. The summed E-state index contributed by atoms with van der Waals surface area (Å²) in [5, 5.41) is 12.4. The molecule has 0 radical (unpaired) electrons. The van der Waals surface area contributed by atoms with Crippen molar-refractivity contribution in [3.63, 3.8) is 0 Å². The first-order chi connectivity index (χ1) is 9.83. The SMILES string of the molecule is O=C(NC1CCC(c2nncs2)CC1)N1CCOCC1. The molecule has 20 heavy (non-hydrogen) atoms. The van der Waals surface area contributed by atoms with Crippen LogP contribution in [0, 0.1) is 0 Å². The predicted molar refractivity (Wildman–Crippen MR) is 75.8 cm³/mol. The number of carbonyl (C=O) groups excluding carboxylic acids is 1. The molecule has 2 amide bonds. The molecule has 0 unspecified atom stereocenters. The van der Waals surface area contributed by atoms with Gasteiger partial charge in [-0.15, -0.1) is 21.5 Å². The first-order valence-corrected chi connectivity index (χ1v) is 8.10. The molecule has 6 nitrogen and oxygen atoms in total. The van der Waals surface area contributed by atoms with Gasteiger partial charge in [-0.05, 0) is 25.7 Å². The molecule has 1 saturated heterocycles. The van der Waals surface area contributed by atoms with Gasteiger partial charge >= 0.3 is 6.03 Å². The zero-order chi connectivity index (χ0) is 13.8. The molecule has 2 heterocycles. The largest absolute Gasteiger partial charge is 0.378 e. The van der Waals surface area contributed by atoms with Crippen molar-refractivity contribution in [2.24, 2.45) is 0 Å². The fourth-order valence-corrected chi connectivity index (χ4v) is 3.60. The van der Waals surface area contributed by atoms with Crippen molar-refractivity contribution in [1.82, 2.24) is 20.4 Å². The fraction of sp³-hybridized carbons (Fsp3) is 0.769. The van der Waals surface area contributed by atoms with Crippen molar-refractivity contribution < 1.29 is 9.53 Å². The van der Waals surface area contributed by atoms with Gasteiger partial charge in [-0.2, -0.15) is 0 Å². The molecule has 3 rings (SSSR count). The van der Waals surface area contributed by atoms with E-state index in [-0.39, 0.29) is 6.03 Å². The van der Waals surface area contributed by atoms with Crippen molar-refractivity contribution in [1.29, 1.82) is 0 Å². The lowest BCUT2D eigenvalue weighted by Gasteiger charge is -2.32. The Morgan fingerprint density at radius 1 is 1.30 bits per heavy atom. The lowest BCUT2D eigenvalue weighted by molar-refractivity contribution is 0.0521. The molecule has 2 fully saturated rings. The van der Waals surface area contributed by atoms with Gasteiger partial charge in [0.25, 0.3) is 0 Å². The summed E-state index contributed by atoms with van der Waals surface area (Å²) in [6, 6.07) is 0.363. The summed E-state index contributed by atoms with van der Waals surface area (Å²) in [7, 11) is 0. The standard InChI is InChI=1S/C13H20N4O2S/c18-13(17-5-7-19-8-6-17)15-11-3-1-10(2-4-11)12-16-14-9-20-12/h9-11H,1-8H2,(H,15,18). The van der Waals surface area contributed by atoms with Crippen LogP contribution in [-0.4, -0.2) is 53.5 Å². The van der Waals surface area contributed by atoms with Crippen molar-refractivity contribution >= 4 is 17.4 Å². The van der Waals surface area contributed by atoms with E-state index in [0.717, 1.165) is 30.7 Å². The van der Waals surface area contributed by atoms with E-state index in [4.69, 9.17) is 4.74 Å². The first kappa shape index (κ1) is 13.8. The van der Waals surface area contributed by atoms with Crippen LogP contribution in [0.4, 0.5) is 4.79 Å². The van der Waals surface area contributed by atoms with Crippen molar-refractivity contribution in [3.05, 3.63) is 10.5 Å². The van der Waals surface area contributed by atoms with Gasteiger partial charge in [-0.3, -0.25) is 0 Å². The lowest BCUT2D eigenvalue weighted by atomic mass is 9.86. The van der Waals surface area contributed by atoms with E-state index in [1.54, 1.807) is 16.8 Å². The number of urea groups is 1. The molecule has 0 atom stereocenters. The Morgan fingerprint density at radius 3 is 2.70 bits per heavy atom. The number of ether oxygens (including phenoxy) is 1. The van der Waals surface area contributed by atoms with Gasteiger partial charge in [0.15, 0.2) is 0 Å². The van der Waals surface area contributed by atoms with Gasteiger partial charge in [0, 0.05) is 25.0 Å². The number of nitrogens with one attached hydrogen (secondary N) is 1. The number of rotatable bonds is 2. The van der Waals surface area contributed by atoms with Crippen LogP contribution in [0.3, 0.4) is 0 Å². The van der Waals surface area contributed by atoms with Crippen LogP contribution in [0.25, 0.3) is 0 Å². The minimum atomic E-state index is 0.0627. The van der Waals surface area contributed by atoms with Gasteiger partial charge in [-0.25, -0.2) is 4.79 Å². The van der Waals surface area contributed by atoms with Crippen LogP contribution in [0.15, 0.2) is 5.51 Å². The maximum absolute atomic E-state index is 12.1. The average Bonchev–Trinajstić information content (AvgIpc) is 3.03. The van der Waals surface area contributed by atoms with Gasteiger partial charge in [0.1, 0.15) is 10.5 Å². The lowest BCUT2D eigenvalue weighted by Crippen LogP contribution is -2.49. The molecule has 110 valence electrons. The fourth-order valence-electron chi connectivity index (χ4n) is 2.88. The Morgan fingerprint density at radius 2 is 2.05 bits per heavy atom. The highest BCUT2D eigenvalue weighted by atomic mass is 32.1. The molecule has 1 N–H and O–H groups in total. The molecule has 1 aromatic heterocycles. The van der Waals surface area contributed by atoms with Crippen LogP contribution < -0.4 is 5.32 Å². The Hall–Kier alpha value is -1.21. The minimum absolute atomic E-state index is 0.0627. The smallest absolute Gasteiger partial charge is 0.317 e. The number of carbonyl (C=O) groups is 1. The zero-order valence-corrected chi connectivity index (χ0v) is 12.3. The maximum atomic E-state index is 12.1. The summed E-state index contributed by atoms with van der Waals surface area (Å²) in [5.74, 6) is 0.527. The van der Waals surface area contributed by atoms with Crippen molar-refractivity contribution in [2.75, 3.05) is 26.3 Å². The third kappa shape index (κ3) is 3.27. The average molecular weight is 296 g/mol. The molecule has 2 aliphatic rings. The first-order valence-electron chi connectivity index (χ1n) is 7.22. The van der Waals surface area contributed by atoms with Gasteiger partial charge < -0.3 is 15.0 Å². The van der Waals surface area contributed by atoms with E-state index < -0.39 is 0 Å². The zero-order valence-electron chi connectivity index (χ0n) is 11.5. The topological polar surface area (TPSA) is 67.4 Å². The van der Waals surface area contributed by atoms with E-state index in [0.29, 0.717) is 38.3 Å². The van der Waals surface area contributed by atoms with Gasteiger partial charge in [0.05, 0.1) is 13.2 Å². The third-order valence-electron chi connectivity index (χ3n) is 4.08. The highest BCUT2D eigenvalue weighted by Crippen LogP contribution is 2.33. The summed E-state index contributed by atoms with van der Waals surface area (Å²) in [6.45, 7) is 2.70. The van der Waals surface area contributed by atoms with E-state index in [1.165, 1.54) is 0 Å². The van der Waals surface area contributed by atoms with Crippen LogP contribution in [0.5, 0.6) is 0 Å². The van der Waals surface area contributed by atoms with Crippen LogP contribution in [0.2, 0.25) is 0 Å². The Balaban J connectivity index is 1.45. The molecule has 1 aliphatic carbocycles. The Kier molecular flexibility index (Phi) is 4.47. The second-order valence-corrected chi connectivity index (χ2v) is 6.24. The quantitative estimate of drug-likeness (QED) is 0.900. The van der Waals surface area contributed by atoms with Crippen LogP contribution in [-0.2, 0) is 4.74 Å². The summed E-state index contributed by atoms with van der Waals surface area (Å²) >= 11 is 1.64. The molecule has 1 aromatic rings. The third-order valence-corrected chi connectivity index (χ3v) is 4.94. The molecule has 1 saturated carbocycles. The molecule has 0 bridgehead atoms. The maximum Gasteiger partial charge on any atom is 0.317 e. The molecule has 7 heteroatoms. The Bertz CT molecular complexity index is 426. The van der Waals surface area contributed by atoms with Crippen molar-refractivity contribution in [2.45, 2.75) is 37.6 Å². The van der Waals surface area contributed by atoms with E-state index >= 15 is 0 Å². The van der Waals surface area contributed by atoms with Gasteiger partial charge in [-0.1, -0.05) is 0 Å². The number of nitrogens with zero attached hydrogens (tertiary/aromatic N) is 3. The summed E-state index contributed by atoms with van der Waals surface area (Å²) in [5.41, 5.74) is 1.79. The monoisotopic (exact) mass is 296 g/mol. The van der Waals surface area contributed by atoms with E-state index in [9.17, 15) is 4.79 Å². The molecule has 0 spiro atoms. The highest BCUT2D eigenvalue weighted by Gasteiger charge is 2.26. The highest BCUT2D eigenvalue weighted by molar-refractivity contribution is 7.09. The Labute approximate surface area is 122 Å². The van der Waals surface area contributed by atoms with Crippen LogP contribution in [0.1, 0.15) is 36.6 Å². The minimum Gasteiger partial charge on any atom is -0.378 e.